The second kappa shape index (κ2) is 7.15. The number of nitrogen functional groups attached to an aromatic ring is 1. The summed E-state index contributed by atoms with van der Waals surface area (Å²) in [6, 6.07) is 5.41. The van der Waals surface area contributed by atoms with Crippen molar-refractivity contribution in [1.82, 2.24) is 9.55 Å². The van der Waals surface area contributed by atoms with Gasteiger partial charge in [-0.05, 0) is 55.9 Å². The third-order valence-electron chi connectivity index (χ3n) is 5.06. The molecule has 0 unspecified atom stereocenters. The van der Waals surface area contributed by atoms with Crippen LogP contribution < -0.4 is 16.6 Å². The highest BCUT2D eigenvalue weighted by molar-refractivity contribution is 7.18. The van der Waals surface area contributed by atoms with Crippen molar-refractivity contribution in [2.24, 2.45) is 0 Å². The van der Waals surface area contributed by atoms with E-state index in [9.17, 15) is 9.59 Å². The topological polar surface area (TPSA) is 90.0 Å². The molecule has 2 aromatic heterocycles. The molecule has 1 aliphatic carbocycles. The van der Waals surface area contributed by atoms with E-state index in [1.807, 2.05) is 13.0 Å². The molecule has 0 radical (unpaired) electrons. The van der Waals surface area contributed by atoms with Gasteiger partial charge in [-0.3, -0.25) is 14.2 Å². The lowest BCUT2D eigenvalue weighted by Gasteiger charge is -2.11. The van der Waals surface area contributed by atoms with E-state index in [1.54, 1.807) is 34.4 Å². The van der Waals surface area contributed by atoms with Crippen LogP contribution in [0.4, 0.5) is 11.4 Å². The Bertz CT molecular complexity index is 1080. The zero-order valence-electron chi connectivity index (χ0n) is 15.2. The Hall–Kier alpha value is -2.67. The molecule has 0 aliphatic heterocycles. The number of hydrogen-bond donors (Lipinski definition) is 2. The zero-order valence-corrected chi connectivity index (χ0v) is 16.1. The lowest BCUT2D eigenvalue weighted by atomic mass is 9.97. The molecule has 7 heteroatoms. The van der Waals surface area contributed by atoms with Gasteiger partial charge in [-0.15, -0.1) is 11.3 Å². The first-order chi connectivity index (χ1) is 13.0. The molecule has 0 spiro atoms. The van der Waals surface area contributed by atoms with Crippen LogP contribution in [-0.4, -0.2) is 15.5 Å². The number of fused-ring (bicyclic) bond motifs is 3. The smallest absolute Gasteiger partial charge is 0.262 e. The fourth-order valence-electron chi connectivity index (χ4n) is 3.55. The lowest BCUT2D eigenvalue weighted by molar-refractivity contribution is -0.116. The fraction of sp³-hybridized carbons (Fsp3) is 0.350. The number of hydrogen-bond acceptors (Lipinski definition) is 5. The summed E-state index contributed by atoms with van der Waals surface area (Å²) in [5.41, 5.74) is 9.17. The molecule has 0 fully saturated rings. The average Bonchev–Trinajstić information content (AvgIpc) is 3.03. The molecule has 140 valence electrons. The maximum atomic E-state index is 12.9. The van der Waals surface area contributed by atoms with Crippen molar-refractivity contribution < 1.29 is 4.79 Å². The molecule has 27 heavy (non-hydrogen) atoms. The van der Waals surface area contributed by atoms with Crippen molar-refractivity contribution in [2.45, 2.75) is 45.6 Å². The predicted octanol–water partition coefficient (Wildman–Crippen LogP) is 3.26. The summed E-state index contributed by atoms with van der Waals surface area (Å²) >= 11 is 1.64. The first-order valence-corrected chi connectivity index (χ1v) is 10.0. The minimum absolute atomic E-state index is 0.0349. The second-order valence-electron chi connectivity index (χ2n) is 7.01. The molecule has 6 nitrogen and oxygen atoms in total. The molecule has 3 aromatic rings. The third-order valence-corrected chi connectivity index (χ3v) is 6.26. The van der Waals surface area contributed by atoms with E-state index in [0.717, 1.165) is 35.0 Å². The summed E-state index contributed by atoms with van der Waals surface area (Å²) in [5, 5.41) is 3.62. The standard InChI is InChI=1S/C20H22N4O2S/c1-12-6-7-13(21)10-15(12)23-17(25)8-9-24-11-22-19-18(20(24)26)14-4-2-3-5-16(14)27-19/h6-7,10-11H,2-5,8-9,21H2,1H3,(H,23,25). The Morgan fingerprint density at radius 2 is 2.15 bits per heavy atom. The lowest BCUT2D eigenvalue weighted by Crippen LogP contribution is -2.24. The Morgan fingerprint density at radius 1 is 1.33 bits per heavy atom. The van der Waals surface area contributed by atoms with Crippen LogP contribution in [0.25, 0.3) is 10.2 Å². The van der Waals surface area contributed by atoms with Gasteiger partial charge in [0.2, 0.25) is 5.91 Å². The molecule has 1 aromatic carbocycles. The maximum Gasteiger partial charge on any atom is 0.262 e. The maximum absolute atomic E-state index is 12.9. The van der Waals surface area contributed by atoms with E-state index in [0.29, 0.717) is 17.9 Å². The number of nitrogens with one attached hydrogen (secondary N) is 1. The fourth-order valence-corrected chi connectivity index (χ4v) is 4.77. The summed E-state index contributed by atoms with van der Waals surface area (Å²) < 4.78 is 1.55. The van der Waals surface area contributed by atoms with Gasteiger partial charge in [0, 0.05) is 29.2 Å². The highest BCUT2D eigenvalue weighted by Crippen LogP contribution is 2.33. The van der Waals surface area contributed by atoms with Crippen LogP contribution in [-0.2, 0) is 24.2 Å². The first kappa shape index (κ1) is 17.7. The van der Waals surface area contributed by atoms with Gasteiger partial charge in [0.05, 0.1) is 11.7 Å². The summed E-state index contributed by atoms with van der Waals surface area (Å²) in [5.74, 6) is -0.150. The number of thiophene rings is 1. The molecular weight excluding hydrogens is 360 g/mol. The number of anilines is 2. The largest absolute Gasteiger partial charge is 0.399 e. The van der Waals surface area contributed by atoms with E-state index < -0.39 is 0 Å². The number of aromatic nitrogens is 2. The van der Waals surface area contributed by atoms with Crippen molar-refractivity contribution in [3.05, 3.63) is 50.9 Å². The number of aryl methyl sites for hydroxylation is 4. The van der Waals surface area contributed by atoms with Crippen molar-refractivity contribution in [3.8, 4) is 0 Å². The highest BCUT2D eigenvalue weighted by Gasteiger charge is 2.20. The number of nitrogens with two attached hydrogens (primary N) is 1. The van der Waals surface area contributed by atoms with E-state index in [1.165, 1.54) is 16.9 Å². The number of rotatable bonds is 4. The van der Waals surface area contributed by atoms with Gasteiger partial charge in [-0.1, -0.05) is 6.07 Å². The molecule has 3 N–H and O–H groups in total. The van der Waals surface area contributed by atoms with Crippen LogP contribution in [0.3, 0.4) is 0 Å². The Morgan fingerprint density at radius 3 is 3.00 bits per heavy atom. The first-order valence-electron chi connectivity index (χ1n) is 9.18. The second-order valence-corrected chi connectivity index (χ2v) is 8.09. The van der Waals surface area contributed by atoms with Crippen LogP contribution in [0.15, 0.2) is 29.3 Å². The minimum atomic E-state index is -0.150. The summed E-state index contributed by atoms with van der Waals surface area (Å²) in [7, 11) is 0. The molecule has 0 atom stereocenters. The van der Waals surface area contributed by atoms with Gasteiger partial charge in [0.25, 0.3) is 5.56 Å². The number of amides is 1. The number of nitrogens with zero attached hydrogens (tertiary/aromatic N) is 2. The van der Waals surface area contributed by atoms with Crippen LogP contribution >= 0.6 is 11.3 Å². The van der Waals surface area contributed by atoms with E-state index >= 15 is 0 Å². The highest BCUT2D eigenvalue weighted by atomic mass is 32.1. The van der Waals surface area contributed by atoms with Gasteiger partial charge in [-0.2, -0.15) is 0 Å². The molecule has 0 saturated carbocycles. The molecule has 1 aliphatic rings. The van der Waals surface area contributed by atoms with Crippen LogP contribution in [0.1, 0.15) is 35.3 Å². The Labute approximate surface area is 161 Å². The Kier molecular flexibility index (Phi) is 4.70. The van der Waals surface area contributed by atoms with E-state index in [-0.39, 0.29) is 17.9 Å². The molecule has 0 saturated heterocycles. The minimum Gasteiger partial charge on any atom is -0.399 e. The normalized spacial score (nSPS) is 13.5. The Balaban J connectivity index is 1.52. The molecule has 1 amide bonds. The van der Waals surface area contributed by atoms with Gasteiger partial charge in [-0.25, -0.2) is 4.98 Å². The van der Waals surface area contributed by atoms with Crippen LogP contribution in [0.5, 0.6) is 0 Å². The number of carbonyl (C=O) groups is 1. The van der Waals surface area contributed by atoms with Crippen molar-refractivity contribution >= 4 is 38.8 Å². The van der Waals surface area contributed by atoms with Gasteiger partial charge >= 0.3 is 0 Å². The predicted molar refractivity (Wildman–Crippen MR) is 109 cm³/mol. The van der Waals surface area contributed by atoms with Crippen LogP contribution in [0.2, 0.25) is 0 Å². The van der Waals surface area contributed by atoms with Crippen molar-refractivity contribution in [3.63, 3.8) is 0 Å². The van der Waals surface area contributed by atoms with E-state index in [2.05, 4.69) is 10.3 Å². The quantitative estimate of drug-likeness (QED) is 0.678. The SMILES string of the molecule is Cc1ccc(N)cc1NC(=O)CCn1cnc2sc3c(c2c1=O)CCCC3. The van der Waals surface area contributed by atoms with Crippen molar-refractivity contribution in [1.29, 1.82) is 0 Å². The summed E-state index contributed by atoms with van der Waals surface area (Å²) in [4.78, 5) is 31.8. The average molecular weight is 382 g/mol. The number of benzene rings is 1. The molecule has 2 heterocycles. The van der Waals surface area contributed by atoms with Crippen molar-refractivity contribution in [2.75, 3.05) is 11.1 Å². The number of carbonyl (C=O) groups excluding carboxylic acids is 1. The molecule has 4 rings (SSSR count). The van der Waals surface area contributed by atoms with E-state index in [4.69, 9.17) is 5.73 Å². The molecular formula is C20H22N4O2S. The monoisotopic (exact) mass is 382 g/mol. The van der Waals surface area contributed by atoms with Gasteiger partial charge in [0.15, 0.2) is 0 Å². The van der Waals surface area contributed by atoms with Gasteiger partial charge in [0.1, 0.15) is 4.83 Å². The zero-order chi connectivity index (χ0) is 19.0. The summed E-state index contributed by atoms with van der Waals surface area (Å²) in [6.45, 7) is 2.22. The van der Waals surface area contributed by atoms with Crippen LogP contribution in [0, 0.1) is 6.92 Å². The van der Waals surface area contributed by atoms with Gasteiger partial charge < -0.3 is 11.1 Å². The summed E-state index contributed by atoms with van der Waals surface area (Å²) in [6.07, 6.45) is 6.05. The molecule has 0 bridgehead atoms. The third kappa shape index (κ3) is 3.47.